The van der Waals surface area contributed by atoms with E-state index < -0.39 is 6.04 Å². The highest BCUT2D eigenvalue weighted by atomic mass is 35.5. The minimum absolute atomic E-state index is 0. The molecular formula is C20H32Cl2FN3O2. The number of amides is 1. The van der Waals surface area contributed by atoms with E-state index in [1.807, 2.05) is 11.0 Å². The topological polar surface area (TPSA) is 44.8 Å². The van der Waals surface area contributed by atoms with E-state index >= 15 is 0 Å². The van der Waals surface area contributed by atoms with Crippen molar-refractivity contribution in [2.24, 2.45) is 5.92 Å². The van der Waals surface area contributed by atoms with Crippen LogP contribution in [0.5, 0.6) is 0 Å². The molecule has 2 heterocycles. The van der Waals surface area contributed by atoms with Gasteiger partial charge in [-0.1, -0.05) is 19.1 Å². The summed E-state index contributed by atoms with van der Waals surface area (Å²) in [5.41, 5.74) is 0.742. The van der Waals surface area contributed by atoms with E-state index in [1.165, 1.54) is 12.1 Å². The first kappa shape index (κ1) is 25.1. The third-order valence-corrected chi connectivity index (χ3v) is 5.42. The molecule has 160 valence electrons. The molecular weight excluding hydrogens is 404 g/mol. The van der Waals surface area contributed by atoms with Gasteiger partial charge in [-0.25, -0.2) is 4.39 Å². The molecule has 2 fully saturated rings. The van der Waals surface area contributed by atoms with Gasteiger partial charge in [0.05, 0.1) is 13.2 Å². The quantitative estimate of drug-likeness (QED) is 0.745. The van der Waals surface area contributed by atoms with E-state index in [0.717, 1.165) is 44.6 Å². The fraction of sp³-hybridized carbons (Fsp3) is 0.650. The van der Waals surface area contributed by atoms with Gasteiger partial charge >= 0.3 is 0 Å². The average molecular weight is 436 g/mol. The van der Waals surface area contributed by atoms with Gasteiger partial charge in [0.2, 0.25) is 5.91 Å². The normalized spacial score (nSPS) is 19.4. The number of benzene rings is 1. The Morgan fingerprint density at radius 2 is 1.89 bits per heavy atom. The number of ether oxygens (including phenoxy) is 1. The Morgan fingerprint density at radius 3 is 2.50 bits per heavy atom. The third kappa shape index (κ3) is 6.56. The standard InChI is InChI=1S/C20H30FN3O2.2ClH/c1-2-22-15-16-6-8-24(9-7-16)20(25)19(23-10-12-26-13-11-23)17-4-3-5-18(21)14-17;;/h3-5,14,16,19,22H,2,6-13,15H2,1H3;2*1H. The predicted molar refractivity (Wildman–Crippen MR) is 114 cm³/mol. The smallest absolute Gasteiger partial charge is 0.244 e. The van der Waals surface area contributed by atoms with Crippen LogP contribution < -0.4 is 5.32 Å². The zero-order valence-corrected chi connectivity index (χ0v) is 18.1. The molecule has 2 saturated heterocycles. The molecule has 1 N–H and O–H groups in total. The van der Waals surface area contributed by atoms with Crippen LogP contribution in [0.15, 0.2) is 24.3 Å². The Bertz CT molecular complexity index is 595. The van der Waals surface area contributed by atoms with Crippen molar-refractivity contribution in [2.45, 2.75) is 25.8 Å². The number of carbonyl (C=O) groups is 1. The van der Waals surface area contributed by atoms with Gasteiger partial charge < -0.3 is 15.0 Å². The lowest BCUT2D eigenvalue weighted by atomic mass is 9.95. The van der Waals surface area contributed by atoms with Gasteiger partial charge in [0.25, 0.3) is 0 Å². The lowest BCUT2D eigenvalue weighted by Gasteiger charge is -2.39. The summed E-state index contributed by atoms with van der Waals surface area (Å²) in [6, 6.07) is 6.06. The molecule has 0 bridgehead atoms. The maximum absolute atomic E-state index is 13.8. The number of halogens is 3. The van der Waals surface area contributed by atoms with E-state index in [-0.39, 0.29) is 36.5 Å². The molecule has 2 aliphatic heterocycles. The third-order valence-electron chi connectivity index (χ3n) is 5.42. The number of piperidine rings is 1. The van der Waals surface area contributed by atoms with Gasteiger partial charge in [0.1, 0.15) is 11.9 Å². The monoisotopic (exact) mass is 435 g/mol. The molecule has 1 unspecified atom stereocenters. The first-order chi connectivity index (χ1) is 12.7. The van der Waals surface area contributed by atoms with Crippen LogP contribution in [-0.4, -0.2) is 68.2 Å². The summed E-state index contributed by atoms with van der Waals surface area (Å²) in [6.45, 7) is 8.31. The highest BCUT2D eigenvalue weighted by Gasteiger charge is 2.34. The van der Waals surface area contributed by atoms with E-state index in [0.29, 0.717) is 32.2 Å². The van der Waals surface area contributed by atoms with Crippen LogP contribution in [0.2, 0.25) is 0 Å². The van der Waals surface area contributed by atoms with Gasteiger partial charge in [-0.2, -0.15) is 0 Å². The first-order valence-corrected chi connectivity index (χ1v) is 9.75. The van der Waals surface area contributed by atoms with Gasteiger partial charge in [-0.3, -0.25) is 9.69 Å². The summed E-state index contributed by atoms with van der Waals surface area (Å²) in [4.78, 5) is 17.4. The van der Waals surface area contributed by atoms with Crippen LogP contribution in [-0.2, 0) is 9.53 Å². The van der Waals surface area contributed by atoms with E-state index in [1.54, 1.807) is 6.07 Å². The molecule has 1 aromatic carbocycles. The maximum atomic E-state index is 13.8. The first-order valence-electron chi connectivity index (χ1n) is 9.75. The fourth-order valence-corrected chi connectivity index (χ4v) is 3.90. The van der Waals surface area contributed by atoms with Crippen molar-refractivity contribution in [3.05, 3.63) is 35.6 Å². The van der Waals surface area contributed by atoms with Crippen LogP contribution in [0.4, 0.5) is 4.39 Å². The van der Waals surface area contributed by atoms with Gasteiger partial charge in [-0.15, -0.1) is 24.8 Å². The summed E-state index contributed by atoms with van der Waals surface area (Å²) >= 11 is 0. The van der Waals surface area contributed by atoms with Crippen molar-refractivity contribution >= 4 is 30.7 Å². The Kier molecular flexibility index (Phi) is 11.3. The predicted octanol–water partition coefficient (Wildman–Crippen LogP) is 2.89. The van der Waals surface area contributed by atoms with Gasteiger partial charge in [-0.05, 0) is 49.5 Å². The molecule has 8 heteroatoms. The summed E-state index contributed by atoms with van der Waals surface area (Å²) in [5, 5.41) is 3.40. The molecule has 0 aromatic heterocycles. The zero-order chi connectivity index (χ0) is 18.4. The van der Waals surface area contributed by atoms with Crippen LogP contribution in [0.1, 0.15) is 31.4 Å². The fourth-order valence-electron chi connectivity index (χ4n) is 3.90. The second kappa shape index (κ2) is 12.6. The summed E-state index contributed by atoms with van der Waals surface area (Å²) < 4.78 is 19.2. The Morgan fingerprint density at radius 1 is 1.21 bits per heavy atom. The number of morpholine rings is 1. The van der Waals surface area contributed by atoms with E-state index in [2.05, 4.69) is 17.1 Å². The number of likely N-dealkylation sites (tertiary alicyclic amines) is 1. The van der Waals surface area contributed by atoms with Crippen LogP contribution in [0, 0.1) is 11.7 Å². The highest BCUT2D eigenvalue weighted by molar-refractivity contribution is 5.85. The number of rotatable bonds is 6. The molecule has 1 atom stereocenters. The minimum atomic E-state index is -0.417. The molecule has 1 aromatic rings. The lowest BCUT2D eigenvalue weighted by molar-refractivity contribution is -0.140. The molecule has 0 spiro atoms. The molecule has 0 aliphatic carbocycles. The second-order valence-electron chi connectivity index (χ2n) is 7.18. The molecule has 5 nitrogen and oxygen atoms in total. The number of nitrogens with one attached hydrogen (secondary N) is 1. The Labute approximate surface area is 179 Å². The van der Waals surface area contributed by atoms with Gasteiger partial charge in [0.15, 0.2) is 0 Å². The molecule has 3 rings (SSSR count). The Balaban J connectivity index is 0.00000196. The molecule has 0 saturated carbocycles. The lowest BCUT2D eigenvalue weighted by Crippen LogP contribution is -2.49. The minimum Gasteiger partial charge on any atom is -0.379 e. The SMILES string of the molecule is CCNCC1CCN(C(=O)C(c2cccc(F)c2)N2CCOCC2)CC1.Cl.Cl. The Hall–Kier alpha value is -0.920. The zero-order valence-electron chi connectivity index (χ0n) is 16.4. The van der Waals surface area contributed by atoms with Crippen LogP contribution in [0.3, 0.4) is 0 Å². The second-order valence-corrected chi connectivity index (χ2v) is 7.18. The number of hydrogen-bond donors (Lipinski definition) is 1. The van der Waals surface area contributed by atoms with Crippen molar-refractivity contribution in [1.82, 2.24) is 15.1 Å². The van der Waals surface area contributed by atoms with Crippen molar-refractivity contribution in [3.8, 4) is 0 Å². The maximum Gasteiger partial charge on any atom is 0.244 e. The van der Waals surface area contributed by atoms with Crippen LogP contribution in [0.25, 0.3) is 0 Å². The van der Waals surface area contributed by atoms with Crippen molar-refractivity contribution in [1.29, 1.82) is 0 Å². The largest absolute Gasteiger partial charge is 0.379 e. The molecule has 28 heavy (non-hydrogen) atoms. The summed E-state index contributed by atoms with van der Waals surface area (Å²) in [7, 11) is 0. The summed E-state index contributed by atoms with van der Waals surface area (Å²) in [6.07, 6.45) is 2.05. The number of hydrogen-bond acceptors (Lipinski definition) is 4. The molecule has 0 radical (unpaired) electrons. The van der Waals surface area contributed by atoms with Gasteiger partial charge in [0, 0.05) is 26.2 Å². The van der Waals surface area contributed by atoms with Crippen molar-refractivity contribution in [3.63, 3.8) is 0 Å². The van der Waals surface area contributed by atoms with Crippen molar-refractivity contribution in [2.75, 3.05) is 52.5 Å². The average Bonchev–Trinajstić information content (AvgIpc) is 2.68. The van der Waals surface area contributed by atoms with E-state index in [9.17, 15) is 9.18 Å². The van der Waals surface area contributed by atoms with Crippen molar-refractivity contribution < 1.29 is 13.9 Å². The number of carbonyl (C=O) groups excluding carboxylic acids is 1. The molecule has 1 amide bonds. The molecule has 2 aliphatic rings. The van der Waals surface area contributed by atoms with E-state index in [4.69, 9.17) is 4.74 Å². The summed E-state index contributed by atoms with van der Waals surface area (Å²) in [5.74, 6) is 0.437. The van der Waals surface area contributed by atoms with Crippen LogP contribution >= 0.6 is 24.8 Å². The highest BCUT2D eigenvalue weighted by Crippen LogP contribution is 2.27. The number of nitrogens with zero attached hydrogens (tertiary/aromatic N) is 2.